The van der Waals surface area contributed by atoms with E-state index in [0.29, 0.717) is 5.69 Å². The molecule has 1 aromatic heterocycles. The summed E-state index contributed by atoms with van der Waals surface area (Å²) in [6, 6.07) is 17.0. The van der Waals surface area contributed by atoms with E-state index in [0.717, 1.165) is 5.56 Å². The fraction of sp³-hybridized carbons (Fsp3) is 0.222. The van der Waals surface area contributed by atoms with Crippen LogP contribution >= 0.6 is 0 Å². The maximum Gasteiger partial charge on any atom is 0.354 e. The molecule has 4 bridgehead atoms. The van der Waals surface area contributed by atoms with Crippen molar-refractivity contribution in [2.24, 2.45) is 0 Å². The Labute approximate surface area is 136 Å². The van der Waals surface area contributed by atoms with Gasteiger partial charge in [-0.1, -0.05) is 42.5 Å². The van der Waals surface area contributed by atoms with Crippen LogP contribution in [0, 0.1) is 0 Å². The van der Waals surface area contributed by atoms with Crippen LogP contribution in [0.25, 0.3) is 5.69 Å². The first-order chi connectivity index (χ1) is 11.8. The Morgan fingerprint density at radius 1 is 0.792 bits per heavy atom. The van der Waals surface area contributed by atoms with Gasteiger partial charge in [-0.05, 0) is 23.3 Å². The fourth-order valence-electron chi connectivity index (χ4n) is 4.60. The van der Waals surface area contributed by atoms with E-state index in [9.17, 15) is 9.59 Å². The largest absolute Gasteiger partial charge is 0.354 e. The maximum atomic E-state index is 13.0. The normalized spacial score (nSPS) is 28.2. The van der Waals surface area contributed by atoms with Crippen LogP contribution in [0.5, 0.6) is 0 Å². The Balaban J connectivity index is 1.61. The van der Waals surface area contributed by atoms with Crippen molar-refractivity contribution < 1.29 is 4.74 Å². The summed E-state index contributed by atoms with van der Waals surface area (Å²) in [4.78, 5) is 25.9. The molecule has 6 heteroatoms. The van der Waals surface area contributed by atoms with Crippen molar-refractivity contribution in [3.63, 3.8) is 0 Å². The van der Waals surface area contributed by atoms with Crippen LogP contribution < -0.4 is 11.4 Å². The molecule has 6 rings (SSSR count). The Hall–Kier alpha value is -2.86. The number of benzene rings is 2. The molecule has 0 N–H and O–H groups in total. The van der Waals surface area contributed by atoms with Crippen molar-refractivity contribution in [2.75, 3.05) is 0 Å². The fourth-order valence-corrected chi connectivity index (χ4v) is 4.60. The molecule has 6 nitrogen and oxygen atoms in total. The second-order valence-electron chi connectivity index (χ2n) is 6.52. The van der Waals surface area contributed by atoms with Crippen LogP contribution in [0.4, 0.5) is 0 Å². The van der Waals surface area contributed by atoms with Crippen molar-refractivity contribution in [1.29, 1.82) is 0 Å². The number of hydrogen-bond acceptors (Lipinski definition) is 3. The van der Waals surface area contributed by atoms with Gasteiger partial charge in [-0.25, -0.2) is 23.5 Å². The van der Waals surface area contributed by atoms with E-state index in [-0.39, 0.29) is 35.7 Å². The van der Waals surface area contributed by atoms with Crippen LogP contribution in [0.2, 0.25) is 0 Å². The Kier molecular flexibility index (Phi) is 2.07. The van der Waals surface area contributed by atoms with Gasteiger partial charge in [0.05, 0.1) is 17.6 Å². The lowest BCUT2D eigenvalue weighted by Crippen LogP contribution is -2.32. The van der Waals surface area contributed by atoms with E-state index in [4.69, 9.17) is 4.74 Å². The van der Waals surface area contributed by atoms with Crippen LogP contribution in [0.3, 0.4) is 0 Å². The summed E-state index contributed by atoms with van der Waals surface area (Å²) in [7, 11) is 0. The number of ether oxygens (including phenoxy) is 1. The Morgan fingerprint density at radius 3 is 2.25 bits per heavy atom. The Bertz CT molecular complexity index is 1110. The summed E-state index contributed by atoms with van der Waals surface area (Å²) < 4.78 is 10.4. The van der Waals surface area contributed by atoms with Crippen LogP contribution in [-0.2, 0) is 4.74 Å². The number of aromatic nitrogens is 3. The van der Waals surface area contributed by atoms with Gasteiger partial charge >= 0.3 is 11.4 Å². The first kappa shape index (κ1) is 12.5. The lowest BCUT2D eigenvalue weighted by atomic mass is 9.98. The number of fused-ring (bicyclic) bond motifs is 4. The SMILES string of the molecule is O=c1n(-c2ccccc2)c(=O)n2n1[C@@H]1[C@@H]3c4ccccc4[C@@H]1O[C@H]32. The van der Waals surface area contributed by atoms with Crippen molar-refractivity contribution in [2.45, 2.75) is 24.3 Å². The van der Waals surface area contributed by atoms with Crippen molar-refractivity contribution in [1.82, 2.24) is 13.9 Å². The van der Waals surface area contributed by atoms with Gasteiger partial charge in [0.15, 0.2) is 6.23 Å². The second kappa shape index (κ2) is 3.96. The van der Waals surface area contributed by atoms with Crippen LogP contribution in [0.15, 0.2) is 64.2 Å². The third-order valence-corrected chi connectivity index (χ3v) is 5.48. The van der Waals surface area contributed by atoms with E-state index in [2.05, 4.69) is 12.1 Å². The highest BCUT2D eigenvalue weighted by Crippen LogP contribution is 2.64. The highest BCUT2D eigenvalue weighted by atomic mass is 16.5. The first-order valence-corrected chi connectivity index (χ1v) is 8.03. The number of hydrogen-bond donors (Lipinski definition) is 0. The summed E-state index contributed by atoms with van der Waals surface area (Å²) in [5.41, 5.74) is 2.31. The van der Waals surface area contributed by atoms with E-state index in [1.807, 2.05) is 30.3 Å². The van der Waals surface area contributed by atoms with Crippen LogP contribution in [0.1, 0.15) is 35.4 Å². The summed E-state index contributed by atoms with van der Waals surface area (Å²) in [5, 5.41) is 0. The molecule has 0 radical (unpaired) electrons. The molecule has 1 saturated heterocycles. The molecular formula is C18H13N3O3. The van der Waals surface area contributed by atoms with Gasteiger partial charge in [0.25, 0.3) is 0 Å². The molecule has 0 amide bonds. The van der Waals surface area contributed by atoms with E-state index >= 15 is 0 Å². The number of rotatable bonds is 1. The molecule has 1 fully saturated rings. The molecule has 2 aliphatic heterocycles. The molecule has 0 unspecified atom stereocenters. The first-order valence-electron chi connectivity index (χ1n) is 8.03. The van der Waals surface area contributed by atoms with Gasteiger partial charge in [-0.3, -0.25) is 0 Å². The van der Waals surface area contributed by atoms with E-state index < -0.39 is 0 Å². The molecule has 2 aromatic carbocycles. The number of nitrogens with zero attached hydrogens (tertiary/aromatic N) is 3. The standard InChI is InChI=1S/C18H13N3O3/c22-17-19(10-6-2-1-3-7-10)18(23)21-16-13-11-8-4-5-9-12(11)15(24-16)14(13)20(17)21/h1-9,13-16H/t13-,14+,15-,16+/m0/s1. The van der Waals surface area contributed by atoms with Gasteiger partial charge in [0.2, 0.25) is 0 Å². The molecule has 4 atom stereocenters. The second-order valence-corrected chi connectivity index (χ2v) is 6.52. The molecule has 1 aliphatic carbocycles. The summed E-state index contributed by atoms with van der Waals surface area (Å²) in [6.45, 7) is 0. The van der Waals surface area contributed by atoms with E-state index in [1.54, 1.807) is 16.8 Å². The third kappa shape index (κ3) is 1.21. The minimum Gasteiger partial charge on any atom is -0.345 e. The van der Waals surface area contributed by atoms with Crippen LogP contribution in [-0.4, -0.2) is 13.9 Å². The van der Waals surface area contributed by atoms with Gasteiger partial charge in [-0.15, -0.1) is 0 Å². The molecule has 0 saturated carbocycles. The predicted molar refractivity (Wildman–Crippen MR) is 85.4 cm³/mol. The average Bonchev–Trinajstić information content (AvgIpc) is 3.31. The van der Waals surface area contributed by atoms with Gasteiger partial charge in [0.1, 0.15) is 6.10 Å². The van der Waals surface area contributed by atoms with Gasteiger partial charge in [-0.2, -0.15) is 0 Å². The number of para-hydroxylation sites is 1. The molecular weight excluding hydrogens is 306 g/mol. The highest BCUT2D eigenvalue weighted by molar-refractivity contribution is 5.44. The van der Waals surface area contributed by atoms with Crippen molar-refractivity contribution in [3.8, 4) is 5.69 Å². The van der Waals surface area contributed by atoms with Gasteiger partial charge < -0.3 is 4.74 Å². The molecule has 118 valence electrons. The minimum absolute atomic E-state index is 0.0528. The topological polar surface area (TPSA) is 58.2 Å². The lowest BCUT2D eigenvalue weighted by molar-refractivity contribution is -0.0556. The summed E-state index contributed by atoms with van der Waals surface area (Å²) >= 11 is 0. The molecule has 3 aliphatic rings. The summed E-state index contributed by atoms with van der Waals surface area (Å²) in [5.74, 6) is 0.0528. The van der Waals surface area contributed by atoms with Gasteiger partial charge in [0, 0.05) is 0 Å². The zero-order chi connectivity index (χ0) is 16.0. The quantitative estimate of drug-likeness (QED) is 0.686. The summed E-state index contributed by atoms with van der Waals surface area (Å²) in [6.07, 6.45) is -0.528. The monoisotopic (exact) mass is 319 g/mol. The lowest BCUT2D eigenvalue weighted by Gasteiger charge is -2.26. The Morgan fingerprint density at radius 2 is 1.46 bits per heavy atom. The molecule has 24 heavy (non-hydrogen) atoms. The molecule has 3 heterocycles. The molecule has 0 spiro atoms. The maximum absolute atomic E-state index is 13.0. The van der Waals surface area contributed by atoms with Crippen molar-refractivity contribution in [3.05, 3.63) is 86.7 Å². The van der Waals surface area contributed by atoms with Crippen molar-refractivity contribution >= 4 is 0 Å². The van der Waals surface area contributed by atoms with E-state index in [1.165, 1.54) is 14.8 Å². The zero-order valence-electron chi connectivity index (χ0n) is 12.6. The highest BCUT2D eigenvalue weighted by Gasteiger charge is 2.61. The molecule has 3 aromatic rings. The minimum atomic E-state index is -0.389. The predicted octanol–water partition coefficient (Wildman–Crippen LogP) is 1.72. The zero-order valence-corrected chi connectivity index (χ0v) is 12.6. The smallest absolute Gasteiger partial charge is 0.345 e. The average molecular weight is 319 g/mol. The third-order valence-electron chi connectivity index (χ3n) is 5.48.